The average molecular weight is 420 g/mol. The number of hydrogen-bond donors (Lipinski definition) is 2. The van der Waals surface area contributed by atoms with Crippen LogP contribution in [-0.4, -0.2) is 55.9 Å². The molecule has 0 spiro atoms. The summed E-state index contributed by atoms with van der Waals surface area (Å²) >= 11 is 0. The molecule has 0 radical (unpaired) electrons. The van der Waals surface area contributed by atoms with Crippen molar-refractivity contribution < 1.29 is 9.47 Å². The molecule has 4 aromatic heterocycles. The lowest BCUT2D eigenvalue weighted by molar-refractivity contribution is 0.218. The molecule has 5 heterocycles. The van der Waals surface area contributed by atoms with Gasteiger partial charge in [-0.1, -0.05) is 0 Å². The Balaban J connectivity index is 1.40. The van der Waals surface area contributed by atoms with Crippen LogP contribution in [0.5, 0.6) is 11.6 Å². The third kappa shape index (κ3) is 3.77. The molecule has 1 atom stereocenters. The number of nitrogens with one attached hydrogen (secondary N) is 2. The second-order valence-corrected chi connectivity index (χ2v) is 7.59. The highest BCUT2D eigenvalue weighted by molar-refractivity contribution is 5.72. The van der Waals surface area contributed by atoms with Crippen LogP contribution in [0.3, 0.4) is 0 Å². The Morgan fingerprint density at radius 2 is 2.10 bits per heavy atom. The molecule has 1 aliphatic heterocycles. The number of methoxy groups -OCH3 is 1. The molecule has 0 bridgehead atoms. The number of ether oxygens (including phenoxy) is 2. The summed E-state index contributed by atoms with van der Waals surface area (Å²) in [6, 6.07) is 8.32. The Morgan fingerprint density at radius 3 is 2.84 bits per heavy atom. The molecule has 1 unspecified atom stereocenters. The summed E-state index contributed by atoms with van der Waals surface area (Å²) in [5.41, 5.74) is 3.78. The van der Waals surface area contributed by atoms with Crippen LogP contribution in [0.2, 0.25) is 0 Å². The highest BCUT2D eigenvalue weighted by Gasteiger charge is 2.19. The van der Waals surface area contributed by atoms with Crippen molar-refractivity contribution in [3.63, 3.8) is 0 Å². The quantitative estimate of drug-likeness (QED) is 0.470. The second-order valence-electron chi connectivity index (χ2n) is 7.59. The van der Waals surface area contributed by atoms with E-state index in [1.165, 1.54) is 0 Å². The fraction of sp³-hybridized carbons (Fsp3) is 0.333. The largest absolute Gasteiger partial charge is 0.488 e. The van der Waals surface area contributed by atoms with Crippen LogP contribution >= 0.6 is 0 Å². The van der Waals surface area contributed by atoms with Gasteiger partial charge in [-0.3, -0.25) is 4.68 Å². The summed E-state index contributed by atoms with van der Waals surface area (Å²) in [4.78, 5) is 0. The van der Waals surface area contributed by atoms with Crippen LogP contribution in [0.4, 0.5) is 11.6 Å². The summed E-state index contributed by atoms with van der Waals surface area (Å²) in [5.74, 6) is 2.57. The van der Waals surface area contributed by atoms with E-state index < -0.39 is 0 Å². The van der Waals surface area contributed by atoms with Gasteiger partial charge < -0.3 is 20.1 Å². The lowest BCUT2D eigenvalue weighted by Gasteiger charge is -2.27. The highest BCUT2D eigenvalue weighted by atomic mass is 16.5. The van der Waals surface area contributed by atoms with Crippen molar-refractivity contribution in [1.29, 1.82) is 0 Å². The van der Waals surface area contributed by atoms with Gasteiger partial charge in [0.25, 0.3) is 0 Å². The molecule has 1 saturated heterocycles. The van der Waals surface area contributed by atoms with Gasteiger partial charge in [-0.15, -0.1) is 10.2 Å². The first-order valence-corrected chi connectivity index (χ1v) is 10.1. The monoisotopic (exact) mass is 420 g/mol. The topological polar surface area (TPSA) is 103 Å². The zero-order valence-corrected chi connectivity index (χ0v) is 17.7. The molecular weight excluding hydrogens is 396 g/mol. The predicted molar refractivity (Wildman–Crippen MR) is 116 cm³/mol. The molecule has 0 saturated carbocycles. The molecule has 31 heavy (non-hydrogen) atoms. The maximum atomic E-state index is 6.04. The lowest BCUT2D eigenvalue weighted by atomic mass is 10.1. The molecule has 0 amide bonds. The molecule has 1 fully saturated rings. The minimum Gasteiger partial charge on any atom is -0.488 e. The normalized spacial score (nSPS) is 15.6. The number of nitrogens with zero attached hydrogens (tertiary/aromatic N) is 6. The number of fused-ring (bicyclic) bond motifs is 1. The SMILES string of the molecule is COc1nnc(Nc2cc3cc(-c4c(OCC5CCN5)cnn4C)ccn3n2)cc1C. The molecule has 2 N–H and O–H groups in total. The molecule has 10 nitrogen and oxygen atoms in total. The van der Waals surface area contributed by atoms with E-state index in [0.717, 1.165) is 41.1 Å². The number of hydrogen-bond acceptors (Lipinski definition) is 8. The number of pyridine rings is 1. The first-order valence-electron chi connectivity index (χ1n) is 10.1. The molecule has 5 rings (SSSR count). The van der Waals surface area contributed by atoms with Gasteiger partial charge in [0.05, 0.1) is 18.8 Å². The van der Waals surface area contributed by atoms with Crippen LogP contribution < -0.4 is 20.1 Å². The summed E-state index contributed by atoms with van der Waals surface area (Å²) < 4.78 is 14.8. The van der Waals surface area contributed by atoms with Crippen LogP contribution in [0.1, 0.15) is 12.0 Å². The van der Waals surface area contributed by atoms with Crippen molar-refractivity contribution in [3.05, 3.63) is 42.2 Å². The Morgan fingerprint density at radius 1 is 1.23 bits per heavy atom. The van der Waals surface area contributed by atoms with E-state index in [4.69, 9.17) is 9.47 Å². The van der Waals surface area contributed by atoms with Gasteiger partial charge in [-0.25, -0.2) is 4.52 Å². The second kappa shape index (κ2) is 7.88. The summed E-state index contributed by atoms with van der Waals surface area (Å²) in [6.45, 7) is 3.62. The van der Waals surface area contributed by atoms with Crippen molar-refractivity contribution in [2.45, 2.75) is 19.4 Å². The number of rotatable bonds is 7. The average Bonchev–Trinajstić information content (AvgIpc) is 3.29. The fourth-order valence-electron chi connectivity index (χ4n) is 3.60. The van der Waals surface area contributed by atoms with Crippen molar-refractivity contribution >= 4 is 17.2 Å². The molecular formula is C21H24N8O2. The zero-order valence-electron chi connectivity index (χ0n) is 17.7. The van der Waals surface area contributed by atoms with Crippen LogP contribution in [0, 0.1) is 6.92 Å². The minimum absolute atomic E-state index is 0.420. The maximum absolute atomic E-state index is 6.04. The first-order chi connectivity index (χ1) is 15.1. The van der Waals surface area contributed by atoms with Gasteiger partial charge in [0.15, 0.2) is 17.4 Å². The zero-order chi connectivity index (χ0) is 21.4. The van der Waals surface area contributed by atoms with Gasteiger partial charge >= 0.3 is 0 Å². The Kier molecular flexibility index (Phi) is 4.91. The third-order valence-electron chi connectivity index (χ3n) is 5.40. The maximum Gasteiger partial charge on any atom is 0.236 e. The lowest BCUT2D eigenvalue weighted by Crippen LogP contribution is -2.46. The van der Waals surface area contributed by atoms with Crippen LogP contribution in [0.25, 0.3) is 16.8 Å². The van der Waals surface area contributed by atoms with Gasteiger partial charge in [0, 0.05) is 36.5 Å². The fourth-order valence-corrected chi connectivity index (χ4v) is 3.60. The molecule has 10 heteroatoms. The molecule has 160 valence electrons. The molecule has 1 aliphatic rings. The van der Waals surface area contributed by atoms with Crippen LogP contribution in [0.15, 0.2) is 36.7 Å². The number of aryl methyl sites for hydroxylation is 2. The smallest absolute Gasteiger partial charge is 0.236 e. The Bertz CT molecular complexity index is 1230. The van der Waals surface area contributed by atoms with E-state index in [-0.39, 0.29) is 0 Å². The molecule has 0 aromatic carbocycles. The van der Waals surface area contributed by atoms with E-state index in [1.54, 1.807) is 13.3 Å². The Hall–Kier alpha value is -3.66. The summed E-state index contributed by atoms with van der Waals surface area (Å²) in [7, 11) is 3.49. The van der Waals surface area contributed by atoms with Crippen LogP contribution in [-0.2, 0) is 7.05 Å². The van der Waals surface area contributed by atoms with Gasteiger partial charge in [-0.05, 0) is 38.1 Å². The van der Waals surface area contributed by atoms with Gasteiger partial charge in [-0.2, -0.15) is 10.2 Å². The predicted octanol–water partition coefficient (Wildman–Crippen LogP) is 2.33. The van der Waals surface area contributed by atoms with Crippen molar-refractivity contribution in [2.75, 3.05) is 25.6 Å². The molecule has 0 aliphatic carbocycles. The number of aromatic nitrogens is 6. The highest BCUT2D eigenvalue weighted by Crippen LogP contribution is 2.31. The van der Waals surface area contributed by atoms with Crippen molar-refractivity contribution in [3.8, 4) is 22.9 Å². The van der Waals surface area contributed by atoms with E-state index in [2.05, 4.69) is 37.1 Å². The van der Waals surface area contributed by atoms with Gasteiger partial charge in [0.1, 0.15) is 12.3 Å². The summed E-state index contributed by atoms with van der Waals surface area (Å²) in [6.07, 6.45) is 4.84. The molecule has 4 aromatic rings. The van der Waals surface area contributed by atoms with Gasteiger partial charge in [0.2, 0.25) is 5.88 Å². The van der Waals surface area contributed by atoms with E-state index in [1.807, 2.05) is 47.6 Å². The van der Waals surface area contributed by atoms with E-state index in [9.17, 15) is 0 Å². The summed E-state index contributed by atoms with van der Waals surface area (Å²) in [5, 5.41) is 23.7. The van der Waals surface area contributed by atoms with E-state index >= 15 is 0 Å². The first kappa shape index (κ1) is 19.3. The minimum atomic E-state index is 0.420. The van der Waals surface area contributed by atoms with Crippen molar-refractivity contribution in [1.82, 2.24) is 34.9 Å². The van der Waals surface area contributed by atoms with Crippen molar-refractivity contribution in [2.24, 2.45) is 7.05 Å². The standard InChI is InChI=1S/C21H24N8O2/c1-13-8-18(25-26-21(13)30-3)24-19-10-16-9-14(5-7-29(16)27-19)20-17(11-23-28(20)2)31-12-15-4-6-22-15/h5,7-11,15,22H,4,6,12H2,1-3H3,(H,24,25,27). The number of anilines is 2. The Labute approximate surface area is 179 Å². The third-order valence-corrected chi connectivity index (χ3v) is 5.40. The van der Waals surface area contributed by atoms with E-state index in [0.29, 0.717) is 30.2 Å².